The van der Waals surface area contributed by atoms with Crippen LogP contribution in [0.15, 0.2) is 614 Å². The van der Waals surface area contributed by atoms with Crippen molar-refractivity contribution in [3.05, 3.63) is 601 Å². The molecule has 24 aromatic carbocycles. The van der Waals surface area contributed by atoms with Gasteiger partial charge in [0, 0.05) is 101 Å². The summed E-state index contributed by atoms with van der Waals surface area (Å²) in [6.45, 7) is 0. The van der Waals surface area contributed by atoms with Gasteiger partial charge in [-0.25, -0.2) is 0 Å². The summed E-state index contributed by atoms with van der Waals surface area (Å²) in [5.41, 5.74) is 43.1. The molecule has 6 heteroatoms. The molecule has 27 rings (SSSR count). The summed E-state index contributed by atoms with van der Waals surface area (Å²) in [6.07, 6.45) is 0. The Morgan fingerprint density at radius 1 is 0.100 bits per heavy atom. The zero-order valence-electron chi connectivity index (χ0n) is 82.2. The van der Waals surface area contributed by atoms with E-state index in [9.17, 15) is 0 Å². The molecule has 27 aromatic rings. The highest BCUT2D eigenvalue weighted by molar-refractivity contribution is 6.10. The fourth-order valence-electron chi connectivity index (χ4n) is 21.4. The lowest BCUT2D eigenvalue weighted by Crippen LogP contribution is -2.11. The summed E-state index contributed by atoms with van der Waals surface area (Å²) in [4.78, 5) is 7.10. The second-order valence-electron chi connectivity index (χ2n) is 37.6. The fraction of sp³-hybridized carbons (Fsp3) is 0. The summed E-state index contributed by atoms with van der Waals surface area (Å²) in [7, 11) is 0. The molecule has 0 fully saturated rings. The van der Waals surface area contributed by atoms with Crippen LogP contribution in [0.5, 0.6) is 0 Å². The van der Waals surface area contributed by atoms with Gasteiger partial charge in [0.2, 0.25) is 0 Å². The molecule has 0 unspecified atom stereocenters. The van der Waals surface area contributed by atoms with Crippen molar-refractivity contribution in [3.63, 3.8) is 0 Å². The maximum atomic E-state index is 6.44. The molecular weight excluding hydrogens is 1820 g/mol. The van der Waals surface area contributed by atoms with Crippen molar-refractivity contribution < 1.29 is 13.3 Å². The van der Waals surface area contributed by atoms with E-state index in [-0.39, 0.29) is 0 Å². The van der Waals surface area contributed by atoms with Gasteiger partial charge in [-0.2, -0.15) is 0 Å². The van der Waals surface area contributed by atoms with Gasteiger partial charge in [0.15, 0.2) is 0 Å². The Hall–Kier alpha value is -19.9. The first kappa shape index (κ1) is 91.3. The minimum Gasteiger partial charge on any atom is -0.456 e. The lowest BCUT2D eigenvalue weighted by atomic mass is 9.92. The minimum absolute atomic E-state index is 0.862. The predicted octanol–water partition coefficient (Wildman–Crippen LogP) is 41.2. The Balaban J connectivity index is 0.000000116. The van der Waals surface area contributed by atoms with Gasteiger partial charge < -0.3 is 28.0 Å². The number of anilines is 9. The van der Waals surface area contributed by atoms with Crippen molar-refractivity contribution in [2.75, 3.05) is 14.7 Å². The average Bonchev–Trinajstić information content (AvgIpc) is 1.45. The molecule has 0 bridgehead atoms. The van der Waals surface area contributed by atoms with E-state index in [1.54, 1.807) is 0 Å². The third-order valence-corrected chi connectivity index (χ3v) is 28.5. The van der Waals surface area contributed by atoms with Gasteiger partial charge in [0.1, 0.15) is 33.5 Å². The van der Waals surface area contributed by atoms with Crippen LogP contribution in [0.3, 0.4) is 0 Å². The Morgan fingerprint density at radius 3 is 0.647 bits per heavy atom. The number of rotatable bonds is 21. The molecular formula is C144H99N3O3. The van der Waals surface area contributed by atoms with Crippen LogP contribution < -0.4 is 14.7 Å². The van der Waals surface area contributed by atoms with Crippen molar-refractivity contribution in [2.45, 2.75) is 0 Å². The molecule has 0 radical (unpaired) electrons. The molecule has 0 aliphatic rings. The highest BCUT2D eigenvalue weighted by Crippen LogP contribution is 2.52. The van der Waals surface area contributed by atoms with Gasteiger partial charge in [-0.3, -0.25) is 0 Å². The Morgan fingerprint density at radius 2 is 0.300 bits per heavy atom. The van der Waals surface area contributed by atoms with Crippen LogP contribution in [-0.4, -0.2) is 0 Å². The van der Waals surface area contributed by atoms with E-state index >= 15 is 0 Å². The Bertz CT molecular complexity index is 9530. The second-order valence-corrected chi connectivity index (χ2v) is 37.6. The summed E-state index contributed by atoms with van der Waals surface area (Å²) in [5, 5.41) is 6.70. The number of hydrogen-bond acceptors (Lipinski definition) is 6. The SMILES string of the molecule is c1ccc(-c2ccc(-c3ccccc3N(c3cccc(-c4ccccc4-c4ccccc4)c3)c3ccc4c(c3)oc3ccccc34)cc2)cc1.c1ccc(-c2cccc(-c3ccccc3N(c3cccc(-c4ccccc4-c4ccccc4)c3)c3ccc4c(c3)oc3ccccc34)c2)cc1.c1ccc(-c2ccccc2-c2cccc(N(c3ccc4c(c3)oc3ccccc34)c3ccccc3-c3ccccc3-c3ccccc3)c2)cc1. The zero-order chi connectivity index (χ0) is 99.8. The van der Waals surface area contributed by atoms with Crippen molar-refractivity contribution in [3.8, 4) is 134 Å². The first-order valence-electron chi connectivity index (χ1n) is 51.0. The highest BCUT2D eigenvalue weighted by Gasteiger charge is 2.27. The standard InChI is InChI=1S/3C48H33NO/c1-3-15-34(16-4-1)36-19-13-20-37(31-36)43-25-9-11-27-46(43)49(40-29-30-45-44-26-10-12-28-47(44)50-48(45)33-40)39-22-14-21-38(32-39)42-24-8-7-23-41(42)35-17-5-2-6-18-35;1-3-14-34(15-4-1)35-26-28-37(29-27-35)43-22-9-11-24-46(43)49(40-30-31-45-44-23-10-12-25-47(44)50-48(45)33-40)39-19-13-18-38(32-39)42-21-8-7-20-41(42)36-16-5-2-6-17-36;1-3-16-34(17-4-1)39-22-7-8-24-41(39)36-20-15-21-37(32-36)49(38-30-31-45-44-27-12-14-29-47(44)50-48(45)33-38)46-28-13-11-26-43(46)42-25-10-9-23-40(42)35-18-5-2-6-19-35/h3*1-33H. The molecule has 0 saturated carbocycles. The van der Waals surface area contributed by atoms with Crippen LogP contribution in [0, 0.1) is 0 Å². The largest absolute Gasteiger partial charge is 0.456 e. The van der Waals surface area contributed by atoms with Gasteiger partial charge in [-0.05, 0) is 232 Å². The number of benzene rings is 24. The molecule has 6 nitrogen and oxygen atoms in total. The van der Waals surface area contributed by atoms with Crippen molar-refractivity contribution in [1.82, 2.24) is 0 Å². The third kappa shape index (κ3) is 18.4. The van der Waals surface area contributed by atoms with Gasteiger partial charge in [0.25, 0.3) is 0 Å². The molecule has 708 valence electrons. The Kier molecular flexibility index (Phi) is 25.2. The second kappa shape index (κ2) is 41.4. The molecule has 0 aliphatic carbocycles. The molecule has 0 aliphatic heterocycles. The molecule has 150 heavy (non-hydrogen) atoms. The summed E-state index contributed by atoms with van der Waals surface area (Å²) in [5.74, 6) is 0. The van der Waals surface area contributed by atoms with Crippen LogP contribution >= 0.6 is 0 Å². The molecule has 0 amide bonds. The molecule has 0 saturated heterocycles. The molecule has 3 heterocycles. The topological polar surface area (TPSA) is 49.1 Å². The monoisotopic (exact) mass is 1920 g/mol. The Labute approximate surface area is 872 Å². The predicted molar refractivity (Wildman–Crippen MR) is 630 cm³/mol. The number of fused-ring (bicyclic) bond motifs is 9. The van der Waals surface area contributed by atoms with E-state index in [1.165, 1.54) is 89.0 Å². The van der Waals surface area contributed by atoms with Crippen molar-refractivity contribution in [1.29, 1.82) is 0 Å². The highest BCUT2D eigenvalue weighted by atomic mass is 16.3. The lowest BCUT2D eigenvalue weighted by molar-refractivity contribution is 0.668. The minimum atomic E-state index is 0.862. The smallest absolute Gasteiger partial charge is 0.137 e. The third-order valence-electron chi connectivity index (χ3n) is 28.5. The van der Waals surface area contributed by atoms with E-state index < -0.39 is 0 Å². The van der Waals surface area contributed by atoms with Crippen molar-refractivity contribution in [2.24, 2.45) is 0 Å². The van der Waals surface area contributed by atoms with Crippen LogP contribution in [0.1, 0.15) is 0 Å². The number of nitrogens with zero attached hydrogens (tertiary/aromatic N) is 3. The van der Waals surface area contributed by atoms with E-state index in [2.05, 4.69) is 579 Å². The van der Waals surface area contributed by atoms with Gasteiger partial charge >= 0.3 is 0 Å². The van der Waals surface area contributed by atoms with Gasteiger partial charge in [-0.1, -0.05) is 467 Å². The normalized spacial score (nSPS) is 11.2. The van der Waals surface area contributed by atoms with E-state index in [0.29, 0.717) is 0 Å². The molecule has 0 spiro atoms. The first-order chi connectivity index (χ1) is 74.4. The van der Waals surface area contributed by atoms with Crippen LogP contribution in [-0.2, 0) is 0 Å². The molecule has 3 aromatic heterocycles. The number of furan rings is 3. The van der Waals surface area contributed by atoms with Crippen LogP contribution in [0.25, 0.3) is 199 Å². The maximum absolute atomic E-state index is 6.44. The number of para-hydroxylation sites is 6. The van der Waals surface area contributed by atoms with Gasteiger partial charge in [-0.15, -0.1) is 0 Å². The van der Waals surface area contributed by atoms with Crippen molar-refractivity contribution >= 4 is 117 Å². The van der Waals surface area contributed by atoms with E-state index in [1.807, 2.05) is 36.4 Å². The van der Waals surface area contributed by atoms with Crippen LogP contribution in [0.2, 0.25) is 0 Å². The maximum Gasteiger partial charge on any atom is 0.137 e. The molecule has 0 N–H and O–H groups in total. The fourth-order valence-corrected chi connectivity index (χ4v) is 21.4. The average molecular weight is 1920 g/mol. The summed E-state index contributed by atoms with van der Waals surface area (Å²) < 4.78 is 19.3. The lowest BCUT2D eigenvalue weighted by Gasteiger charge is -2.29. The number of hydrogen-bond donors (Lipinski definition) is 0. The summed E-state index contributed by atoms with van der Waals surface area (Å²) in [6, 6.07) is 213. The zero-order valence-corrected chi connectivity index (χ0v) is 82.2. The molecule has 0 atom stereocenters. The van der Waals surface area contributed by atoms with Gasteiger partial charge in [0.05, 0.1) is 17.1 Å². The van der Waals surface area contributed by atoms with Crippen LogP contribution in [0.4, 0.5) is 51.2 Å². The summed E-state index contributed by atoms with van der Waals surface area (Å²) >= 11 is 0. The van der Waals surface area contributed by atoms with E-state index in [0.717, 1.165) is 162 Å². The van der Waals surface area contributed by atoms with E-state index in [4.69, 9.17) is 13.3 Å². The quantitative estimate of drug-likeness (QED) is 0.0715. The first-order valence-corrected chi connectivity index (χ1v) is 51.0.